The predicted octanol–water partition coefficient (Wildman–Crippen LogP) is 2.92. The van der Waals surface area contributed by atoms with Crippen molar-refractivity contribution in [2.75, 3.05) is 5.32 Å². The van der Waals surface area contributed by atoms with Gasteiger partial charge in [0.25, 0.3) is 0 Å². The van der Waals surface area contributed by atoms with Gasteiger partial charge in [-0.15, -0.1) is 0 Å². The van der Waals surface area contributed by atoms with Crippen LogP contribution in [0, 0.1) is 17.7 Å². The molecule has 19 heavy (non-hydrogen) atoms. The Balaban J connectivity index is 2.09. The lowest BCUT2D eigenvalue weighted by Gasteiger charge is -2.32. The molecule has 3 atom stereocenters. The Labute approximate surface area is 113 Å². The van der Waals surface area contributed by atoms with Crippen molar-refractivity contribution >= 4 is 11.6 Å². The molecule has 0 aromatic heterocycles. The van der Waals surface area contributed by atoms with Gasteiger partial charge in [-0.25, -0.2) is 4.39 Å². The Hall–Kier alpha value is -1.58. The second-order valence-electron chi connectivity index (χ2n) is 5.57. The number of amides is 1. The third-order valence-electron chi connectivity index (χ3n) is 3.90. The van der Waals surface area contributed by atoms with E-state index in [0.29, 0.717) is 11.6 Å². The number of primary amides is 1. The fourth-order valence-electron chi connectivity index (χ4n) is 2.96. The molecule has 0 saturated heterocycles. The van der Waals surface area contributed by atoms with Gasteiger partial charge < -0.3 is 11.1 Å². The van der Waals surface area contributed by atoms with Crippen LogP contribution in [0.5, 0.6) is 0 Å². The van der Waals surface area contributed by atoms with Crippen LogP contribution in [0.4, 0.5) is 10.1 Å². The molecule has 1 aromatic rings. The van der Waals surface area contributed by atoms with E-state index in [1.54, 1.807) is 12.1 Å². The Bertz CT molecular complexity index is 450. The van der Waals surface area contributed by atoms with Crippen LogP contribution in [0.1, 0.15) is 32.6 Å². The first-order chi connectivity index (χ1) is 9.06. The quantitative estimate of drug-likeness (QED) is 0.878. The topological polar surface area (TPSA) is 55.1 Å². The van der Waals surface area contributed by atoms with E-state index in [2.05, 4.69) is 12.2 Å². The van der Waals surface area contributed by atoms with Gasteiger partial charge in [0.15, 0.2) is 0 Å². The summed E-state index contributed by atoms with van der Waals surface area (Å²) in [6, 6.07) is 5.74. The predicted molar refractivity (Wildman–Crippen MR) is 74.1 cm³/mol. The summed E-state index contributed by atoms with van der Waals surface area (Å²) in [5, 5.41) is 3.10. The van der Waals surface area contributed by atoms with E-state index in [9.17, 15) is 9.18 Å². The van der Waals surface area contributed by atoms with E-state index in [-0.39, 0.29) is 17.6 Å². The van der Waals surface area contributed by atoms with Crippen molar-refractivity contribution in [3.05, 3.63) is 30.1 Å². The number of anilines is 1. The average Bonchev–Trinajstić information content (AvgIpc) is 2.35. The molecule has 3 N–H and O–H groups in total. The third kappa shape index (κ3) is 3.69. The van der Waals surface area contributed by atoms with Crippen LogP contribution in [0.25, 0.3) is 0 Å². The van der Waals surface area contributed by atoms with Crippen molar-refractivity contribution in [3.8, 4) is 0 Å². The molecule has 4 heteroatoms. The molecule has 0 aliphatic heterocycles. The third-order valence-corrected chi connectivity index (χ3v) is 3.90. The molecule has 3 nitrogen and oxygen atoms in total. The maximum Gasteiger partial charge on any atom is 0.240 e. The molecule has 3 unspecified atom stereocenters. The van der Waals surface area contributed by atoms with E-state index in [4.69, 9.17) is 5.73 Å². The fraction of sp³-hybridized carbons (Fsp3) is 0.533. The number of carbonyl (C=O) groups excluding carboxylic acids is 1. The first-order valence-corrected chi connectivity index (χ1v) is 6.87. The molecule has 1 amide bonds. The van der Waals surface area contributed by atoms with Crippen LogP contribution < -0.4 is 11.1 Å². The highest BCUT2D eigenvalue weighted by atomic mass is 19.1. The smallest absolute Gasteiger partial charge is 0.240 e. The standard InChI is InChI=1S/C15H21FN2O/c1-10-4-2-5-11(8-10)14(15(17)19)18-13-7-3-6-12(16)9-13/h3,6-7,9-11,14,18H,2,4-5,8H2,1H3,(H2,17,19). The van der Waals surface area contributed by atoms with Gasteiger partial charge in [-0.1, -0.05) is 25.8 Å². The normalized spacial score (nSPS) is 24.7. The van der Waals surface area contributed by atoms with E-state index < -0.39 is 6.04 Å². The minimum atomic E-state index is -0.412. The van der Waals surface area contributed by atoms with E-state index in [1.807, 2.05) is 0 Å². The Morgan fingerprint density at radius 3 is 2.89 bits per heavy atom. The van der Waals surface area contributed by atoms with Gasteiger partial charge in [0.1, 0.15) is 11.9 Å². The second kappa shape index (κ2) is 6.04. The van der Waals surface area contributed by atoms with Gasteiger partial charge in [-0.05, 0) is 42.9 Å². The molecule has 2 rings (SSSR count). The largest absolute Gasteiger partial charge is 0.373 e. The Morgan fingerprint density at radius 2 is 2.26 bits per heavy atom. The lowest BCUT2D eigenvalue weighted by molar-refractivity contribution is -0.120. The minimum absolute atomic E-state index is 0.240. The van der Waals surface area contributed by atoms with Crippen LogP contribution in [0.3, 0.4) is 0 Å². The summed E-state index contributed by atoms with van der Waals surface area (Å²) in [6.07, 6.45) is 4.33. The summed E-state index contributed by atoms with van der Waals surface area (Å²) in [5.41, 5.74) is 6.12. The molecule has 0 spiro atoms. The van der Waals surface area contributed by atoms with Gasteiger partial charge >= 0.3 is 0 Å². The number of nitrogens with one attached hydrogen (secondary N) is 1. The van der Waals surface area contributed by atoms with Crippen LogP contribution in [0.15, 0.2) is 24.3 Å². The van der Waals surface area contributed by atoms with Crippen LogP contribution in [-0.4, -0.2) is 11.9 Å². The molecular weight excluding hydrogens is 243 g/mol. The zero-order valence-electron chi connectivity index (χ0n) is 11.2. The molecule has 1 aliphatic rings. The SMILES string of the molecule is CC1CCCC(C(Nc2cccc(F)c2)C(N)=O)C1. The van der Waals surface area contributed by atoms with Crippen LogP contribution in [0.2, 0.25) is 0 Å². The number of hydrogen-bond acceptors (Lipinski definition) is 2. The Kier molecular flexibility index (Phi) is 4.40. The summed E-state index contributed by atoms with van der Waals surface area (Å²) in [7, 11) is 0. The lowest BCUT2D eigenvalue weighted by atomic mass is 9.78. The second-order valence-corrected chi connectivity index (χ2v) is 5.57. The number of benzene rings is 1. The van der Waals surface area contributed by atoms with E-state index >= 15 is 0 Å². The molecule has 1 saturated carbocycles. The molecule has 0 bridgehead atoms. The summed E-state index contributed by atoms with van der Waals surface area (Å²) in [5.74, 6) is 0.188. The number of rotatable bonds is 4. The number of halogens is 1. The molecule has 1 fully saturated rings. The fourth-order valence-corrected chi connectivity index (χ4v) is 2.96. The minimum Gasteiger partial charge on any atom is -0.373 e. The van der Waals surface area contributed by atoms with Crippen molar-refractivity contribution < 1.29 is 9.18 Å². The van der Waals surface area contributed by atoms with Gasteiger partial charge in [-0.3, -0.25) is 4.79 Å². The maximum atomic E-state index is 13.2. The highest BCUT2D eigenvalue weighted by Crippen LogP contribution is 2.32. The molecule has 104 valence electrons. The highest BCUT2D eigenvalue weighted by molar-refractivity contribution is 5.83. The Morgan fingerprint density at radius 1 is 1.47 bits per heavy atom. The summed E-state index contributed by atoms with van der Waals surface area (Å²) >= 11 is 0. The number of nitrogens with two attached hydrogens (primary N) is 1. The number of carbonyl (C=O) groups is 1. The van der Waals surface area contributed by atoms with E-state index in [1.165, 1.54) is 18.6 Å². The zero-order chi connectivity index (χ0) is 13.8. The van der Waals surface area contributed by atoms with Gasteiger partial charge in [0.2, 0.25) is 5.91 Å². The molecule has 1 aliphatic carbocycles. The zero-order valence-corrected chi connectivity index (χ0v) is 11.2. The number of hydrogen-bond donors (Lipinski definition) is 2. The average molecular weight is 264 g/mol. The lowest BCUT2D eigenvalue weighted by Crippen LogP contribution is -2.43. The first-order valence-electron chi connectivity index (χ1n) is 6.87. The molecule has 0 radical (unpaired) electrons. The monoisotopic (exact) mass is 264 g/mol. The van der Waals surface area contributed by atoms with Gasteiger partial charge in [-0.2, -0.15) is 0 Å². The molecule has 0 heterocycles. The first kappa shape index (κ1) is 13.8. The molecular formula is C15H21FN2O. The highest BCUT2D eigenvalue weighted by Gasteiger charge is 2.30. The van der Waals surface area contributed by atoms with Gasteiger partial charge in [0.05, 0.1) is 0 Å². The maximum absolute atomic E-state index is 13.2. The van der Waals surface area contributed by atoms with Crippen molar-refractivity contribution in [2.24, 2.45) is 17.6 Å². The van der Waals surface area contributed by atoms with E-state index in [0.717, 1.165) is 19.3 Å². The summed E-state index contributed by atoms with van der Waals surface area (Å²) in [4.78, 5) is 11.7. The van der Waals surface area contributed by atoms with Crippen molar-refractivity contribution in [1.29, 1.82) is 0 Å². The van der Waals surface area contributed by atoms with Crippen molar-refractivity contribution in [2.45, 2.75) is 38.6 Å². The van der Waals surface area contributed by atoms with Crippen LogP contribution >= 0.6 is 0 Å². The molecule has 1 aromatic carbocycles. The van der Waals surface area contributed by atoms with Crippen molar-refractivity contribution in [1.82, 2.24) is 0 Å². The van der Waals surface area contributed by atoms with Crippen molar-refractivity contribution in [3.63, 3.8) is 0 Å². The van der Waals surface area contributed by atoms with Gasteiger partial charge in [0, 0.05) is 5.69 Å². The summed E-state index contributed by atoms with van der Waals surface area (Å²) in [6.45, 7) is 2.20. The summed E-state index contributed by atoms with van der Waals surface area (Å²) < 4.78 is 13.2. The van der Waals surface area contributed by atoms with Crippen LogP contribution in [-0.2, 0) is 4.79 Å².